The molecule has 4 aromatic rings. The van der Waals surface area contributed by atoms with Gasteiger partial charge in [0.05, 0.1) is 18.4 Å². The lowest BCUT2D eigenvalue weighted by atomic mass is 10.1. The average Bonchev–Trinajstić information content (AvgIpc) is 2.80. The summed E-state index contributed by atoms with van der Waals surface area (Å²) in [6.45, 7) is 1.86. The number of aryl methyl sites for hydroxylation is 1. The van der Waals surface area contributed by atoms with Crippen LogP contribution in [0.4, 0.5) is 11.5 Å². The van der Waals surface area contributed by atoms with E-state index in [0.29, 0.717) is 28.7 Å². The van der Waals surface area contributed by atoms with Crippen molar-refractivity contribution in [3.8, 4) is 22.8 Å². The summed E-state index contributed by atoms with van der Waals surface area (Å²) >= 11 is 0. The standard InChI is InChI=1S/C25H21N3O3/c1-17-26-23(18-6-4-3-5-7-18)16-24(27-17)28-20-10-14-22(15-11-20)31-25(29)19-8-12-21(30-2)13-9-19/h3-16H,1-2H3,(H,26,27,28). The lowest BCUT2D eigenvalue weighted by Gasteiger charge is -2.10. The first kappa shape index (κ1) is 20.1. The predicted molar refractivity (Wildman–Crippen MR) is 120 cm³/mol. The Morgan fingerprint density at radius 3 is 2.19 bits per heavy atom. The van der Waals surface area contributed by atoms with Crippen LogP contribution in [-0.4, -0.2) is 23.0 Å². The first-order valence-electron chi connectivity index (χ1n) is 9.75. The molecule has 0 unspecified atom stereocenters. The van der Waals surface area contributed by atoms with Gasteiger partial charge in [-0.05, 0) is 55.5 Å². The second-order valence-corrected chi connectivity index (χ2v) is 6.82. The van der Waals surface area contributed by atoms with Crippen LogP contribution in [0.25, 0.3) is 11.3 Å². The SMILES string of the molecule is COc1ccc(C(=O)Oc2ccc(Nc3cc(-c4ccccc4)nc(C)n3)cc2)cc1. The smallest absolute Gasteiger partial charge is 0.343 e. The van der Waals surface area contributed by atoms with E-state index in [-0.39, 0.29) is 0 Å². The molecule has 0 aliphatic rings. The number of hydrogen-bond donors (Lipinski definition) is 1. The Kier molecular flexibility index (Phi) is 5.89. The number of methoxy groups -OCH3 is 1. The maximum Gasteiger partial charge on any atom is 0.343 e. The van der Waals surface area contributed by atoms with Gasteiger partial charge in [0.25, 0.3) is 0 Å². The lowest BCUT2D eigenvalue weighted by molar-refractivity contribution is 0.0734. The van der Waals surface area contributed by atoms with Gasteiger partial charge in [-0.2, -0.15) is 0 Å². The second kappa shape index (κ2) is 9.09. The number of benzene rings is 3. The van der Waals surface area contributed by atoms with E-state index in [1.165, 1.54) is 0 Å². The molecule has 0 saturated carbocycles. The van der Waals surface area contributed by atoms with Gasteiger partial charge in [0.2, 0.25) is 0 Å². The van der Waals surface area contributed by atoms with Crippen molar-refractivity contribution < 1.29 is 14.3 Å². The zero-order valence-corrected chi connectivity index (χ0v) is 17.2. The topological polar surface area (TPSA) is 73.3 Å². The Bertz CT molecular complexity index is 1180. The van der Waals surface area contributed by atoms with Gasteiger partial charge in [-0.1, -0.05) is 30.3 Å². The van der Waals surface area contributed by atoms with E-state index < -0.39 is 5.97 Å². The molecular weight excluding hydrogens is 390 g/mol. The summed E-state index contributed by atoms with van der Waals surface area (Å²) in [5.74, 6) is 2.07. The van der Waals surface area contributed by atoms with Crippen molar-refractivity contribution in [2.75, 3.05) is 12.4 Å². The van der Waals surface area contributed by atoms with Gasteiger partial charge in [-0.3, -0.25) is 0 Å². The normalized spacial score (nSPS) is 10.4. The second-order valence-electron chi connectivity index (χ2n) is 6.82. The molecule has 1 N–H and O–H groups in total. The Hall–Kier alpha value is -4.19. The van der Waals surface area contributed by atoms with Gasteiger partial charge in [-0.25, -0.2) is 14.8 Å². The third-order valence-corrected chi connectivity index (χ3v) is 4.57. The zero-order valence-electron chi connectivity index (χ0n) is 17.2. The van der Waals surface area contributed by atoms with E-state index in [4.69, 9.17) is 9.47 Å². The molecule has 154 valence electrons. The number of carbonyl (C=O) groups excluding carboxylic acids is 1. The number of carbonyl (C=O) groups is 1. The highest BCUT2D eigenvalue weighted by molar-refractivity contribution is 5.91. The van der Waals surface area contributed by atoms with Crippen LogP contribution in [0.15, 0.2) is 84.9 Å². The van der Waals surface area contributed by atoms with Crippen molar-refractivity contribution in [3.05, 3.63) is 96.3 Å². The van der Waals surface area contributed by atoms with E-state index in [9.17, 15) is 4.79 Å². The fraction of sp³-hybridized carbons (Fsp3) is 0.0800. The largest absolute Gasteiger partial charge is 0.497 e. The molecule has 0 aliphatic heterocycles. The highest BCUT2D eigenvalue weighted by Gasteiger charge is 2.09. The summed E-state index contributed by atoms with van der Waals surface area (Å²) in [7, 11) is 1.58. The van der Waals surface area contributed by atoms with Gasteiger partial charge in [0.1, 0.15) is 23.1 Å². The van der Waals surface area contributed by atoms with Crippen LogP contribution in [0.2, 0.25) is 0 Å². The fourth-order valence-electron chi connectivity index (χ4n) is 3.04. The van der Waals surface area contributed by atoms with Gasteiger partial charge < -0.3 is 14.8 Å². The number of ether oxygens (including phenoxy) is 2. The molecule has 1 aromatic heterocycles. The molecule has 0 spiro atoms. The summed E-state index contributed by atoms with van der Waals surface area (Å²) in [6, 6.07) is 25.7. The summed E-state index contributed by atoms with van der Waals surface area (Å²) in [6.07, 6.45) is 0. The summed E-state index contributed by atoms with van der Waals surface area (Å²) < 4.78 is 10.5. The highest BCUT2D eigenvalue weighted by atomic mass is 16.5. The van der Waals surface area contributed by atoms with E-state index in [2.05, 4.69) is 15.3 Å². The maximum absolute atomic E-state index is 12.3. The minimum atomic E-state index is -0.428. The maximum atomic E-state index is 12.3. The van der Waals surface area contributed by atoms with Gasteiger partial charge >= 0.3 is 5.97 Å². The van der Waals surface area contributed by atoms with Crippen LogP contribution >= 0.6 is 0 Å². The molecule has 0 radical (unpaired) electrons. The summed E-state index contributed by atoms with van der Waals surface area (Å²) in [5, 5.41) is 3.27. The van der Waals surface area contributed by atoms with Gasteiger partial charge in [-0.15, -0.1) is 0 Å². The minimum absolute atomic E-state index is 0.428. The number of nitrogens with zero attached hydrogens (tertiary/aromatic N) is 2. The monoisotopic (exact) mass is 411 g/mol. The molecule has 0 saturated heterocycles. The highest BCUT2D eigenvalue weighted by Crippen LogP contribution is 2.24. The predicted octanol–water partition coefficient (Wildman–Crippen LogP) is 5.42. The van der Waals surface area contributed by atoms with Crippen molar-refractivity contribution in [1.82, 2.24) is 9.97 Å². The van der Waals surface area contributed by atoms with Crippen molar-refractivity contribution in [2.24, 2.45) is 0 Å². The van der Waals surface area contributed by atoms with E-state index in [1.807, 2.05) is 55.5 Å². The Balaban J connectivity index is 1.45. The third-order valence-electron chi connectivity index (χ3n) is 4.57. The van der Waals surface area contributed by atoms with Crippen LogP contribution in [0.1, 0.15) is 16.2 Å². The quantitative estimate of drug-likeness (QED) is 0.337. The Morgan fingerprint density at radius 2 is 1.52 bits per heavy atom. The van der Waals surface area contributed by atoms with Crippen molar-refractivity contribution >= 4 is 17.5 Å². The summed E-state index contributed by atoms with van der Waals surface area (Å²) in [5.41, 5.74) is 3.15. The molecule has 0 bridgehead atoms. The van der Waals surface area contributed by atoms with E-state index in [0.717, 1.165) is 16.9 Å². The van der Waals surface area contributed by atoms with Crippen LogP contribution in [0, 0.1) is 6.92 Å². The molecule has 0 fully saturated rings. The van der Waals surface area contributed by atoms with Crippen molar-refractivity contribution in [3.63, 3.8) is 0 Å². The average molecular weight is 411 g/mol. The van der Waals surface area contributed by atoms with Crippen molar-refractivity contribution in [1.29, 1.82) is 0 Å². The molecule has 0 amide bonds. The third kappa shape index (κ3) is 5.05. The Labute approximate surface area is 180 Å². The Morgan fingerprint density at radius 1 is 0.839 bits per heavy atom. The molecular formula is C25H21N3O3. The number of anilines is 2. The molecule has 31 heavy (non-hydrogen) atoms. The molecule has 0 atom stereocenters. The molecule has 1 heterocycles. The van der Waals surface area contributed by atoms with Gasteiger partial charge in [0, 0.05) is 17.3 Å². The number of nitrogens with one attached hydrogen (secondary N) is 1. The molecule has 3 aromatic carbocycles. The molecule has 4 rings (SSSR count). The van der Waals surface area contributed by atoms with Gasteiger partial charge in [0.15, 0.2) is 0 Å². The van der Waals surface area contributed by atoms with Crippen LogP contribution < -0.4 is 14.8 Å². The number of hydrogen-bond acceptors (Lipinski definition) is 6. The van der Waals surface area contributed by atoms with Crippen LogP contribution in [0.3, 0.4) is 0 Å². The van der Waals surface area contributed by atoms with Crippen molar-refractivity contribution in [2.45, 2.75) is 6.92 Å². The van der Waals surface area contributed by atoms with Crippen LogP contribution in [-0.2, 0) is 0 Å². The lowest BCUT2D eigenvalue weighted by Crippen LogP contribution is -2.08. The molecule has 6 heteroatoms. The number of aromatic nitrogens is 2. The van der Waals surface area contributed by atoms with E-state index in [1.54, 1.807) is 43.5 Å². The summed E-state index contributed by atoms with van der Waals surface area (Å²) in [4.78, 5) is 21.3. The molecule has 0 aliphatic carbocycles. The van der Waals surface area contributed by atoms with Crippen LogP contribution in [0.5, 0.6) is 11.5 Å². The van der Waals surface area contributed by atoms with E-state index >= 15 is 0 Å². The minimum Gasteiger partial charge on any atom is -0.497 e. The first-order valence-corrected chi connectivity index (χ1v) is 9.75. The zero-order chi connectivity index (χ0) is 21.6. The number of esters is 1. The number of rotatable bonds is 6. The first-order chi connectivity index (χ1) is 15.1. The molecule has 6 nitrogen and oxygen atoms in total. The fourth-order valence-corrected chi connectivity index (χ4v) is 3.04.